The predicted octanol–water partition coefficient (Wildman–Crippen LogP) is 2.67. The zero-order valence-electron chi connectivity index (χ0n) is 15.0. The van der Waals surface area contributed by atoms with Crippen molar-refractivity contribution in [2.45, 2.75) is 0 Å². The standard InChI is InChI=1S/C20H18N4O4/c25-20-18(14-15-4-2-1-3-5-15)19(22-10-12-28-13-11-22)21-23(20)16-6-8-17(9-7-16)24(26)27/h1-9,14H,10-13H2/b18-14+. The molecule has 28 heavy (non-hydrogen) atoms. The van der Waals surface area contributed by atoms with Gasteiger partial charge in [0, 0.05) is 25.2 Å². The number of amidine groups is 1. The van der Waals surface area contributed by atoms with Crippen LogP contribution in [-0.4, -0.2) is 47.9 Å². The van der Waals surface area contributed by atoms with Crippen molar-refractivity contribution in [1.29, 1.82) is 0 Å². The van der Waals surface area contributed by atoms with Crippen molar-refractivity contribution < 1.29 is 14.5 Å². The number of benzene rings is 2. The molecule has 0 aromatic heterocycles. The molecular weight excluding hydrogens is 360 g/mol. The van der Waals surface area contributed by atoms with Gasteiger partial charge < -0.3 is 9.64 Å². The number of nitrogens with zero attached hydrogens (tertiary/aromatic N) is 4. The van der Waals surface area contributed by atoms with Crippen molar-refractivity contribution in [3.63, 3.8) is 0 Å². The summed E-state index contributed by atoms with van der Waals surface area (Å²) in [5.74, 6) is 0.328. The van der Waals surface area contributed by atoms with Gasteiger partial charge in [0.1, 0.15) is 0 Å². The molecule has 1 fully saturated rings. The molecule has 0 spiro atoms. The van der Waals surface area contributed by atoms with Crippen LogP contribution < -0.4 is 5.01 Å². The second kappa shape index (κ2) is 7.61. The Balaban J connectivity index is 1.71. The highest BCUT2D eigenvalue weighted by atomic mass is 16.6. The average molecular weight is 378 g/mol. The highest BCUT2D eigenvalue weighted by molar-refractivity contribution is 6.32. The topological polar surface area (TPSA) is 88.3 Å². The van der Waals surface area contributed by atoms with Crippen LogP contribution in [0.3, 0.4) is 0 Å². The SMILES string of the molecule is O=C1/C(=C/c2ccccc2)C(N2CCOCC2)=NN1c1ccc([N+](=O)[O-])cc1. The largest absolute Gasteiger partial charge is 0.378 e. The van der Waals surface area contributed by atoms with E-state index in [9.17, 15) is 14.9 Å². The van der Waals surface area contributed by atoms with Crippen LogP contribution in [-0.2, 0) is 9.53 Å². The molecule has 1 amide bonds. The van der Waals surface area contributed by atoms with Crippen molar-refractivity contribution in [3.05, 3.63) is 75.8 Å². The molecule has 1 saturated heterocycles. The summed E-state index contributed by atoms with van der Waals surface area (Å²) in [7, 11) is 0. The molecule has 142 valence electrons. The molecule has 0 bridgehead atoms. The lowest BCUT2D eigenvalue weighted by molar-refractivity contribution is -0.384. The summed E-state index contributed by atoms with van der Waals surface area (Å²) >= 11 is 0. The molecule has 2 heterocycles. The maximum absolute atomic E-state index is 13.1. The number of anilines is 1. The fourth-order valence-electron chi connectivity index (χ4n) is 3.15. The Labute approximate surface area is 161 Å². The summed E-state index contributed by atoms with van der Waals surface area (Å²) < 4.78 is 5.41. The van der Waals surface area contributed by atoms with E-state index in [2.05, 4.69) is 5.10 Å². The van der Waals surface area contributed by atoms with Gasteiger partial charge >= 0.3 is 0 Å². The highest BCUT2D eigenvalue weighted by Gasteiger charge is 2.35. The molecule has 2 aromatic rings. The first-order chi connectivity index (χ1) is 13.6. The van der Waals surface area contributed by atoms with Gasteiger partial charge in [0.25, 0.3) is 11.6 Å². The minimum absolute atomic E-state index is 0.0344. The van der Waals surface area contributed by atoms with E-state index in [0.29, 0.717) is 43.4 Å². The van der Waals surface area contributed by atoms with E-state index in [0.717, 1.165) is 5.56 Å². The molecular formula is C20H18N4O4. The normalized spacial score (nSPS) is 18.5. The smallest absolute Gasteiger partial charge is 0.282 e. The first-order valence-electron chi connectivity index (χ1n) is 8.91. The number of nitro benzene ring substituents is 1. The number of hydrazone groups is 1. The molecule has 0 radical (unpaired) electrons. The van der Waals surface area contributed by atoms with Gasteiger partial charge in [-0.2, -0.15) is 5.01 Å². The second-order valence-corrected chi connectivity index (χ2v) is 6.38. The van der Waals surface area contributed by atoms with E-state index in [1.165, 1.54) is 29.3 Å². The monoisotopic (exact) mass is 378 g/mol. The van der Waals surface area contributed by atoms with Crippen LogP contribution in [0.1, 0.15) is 5.56 Å². The zero-order chi connectivity index (χ0) is 19.5. The van der Waals surface area contributed by atoms with E-state index in [1.807, 2.05) is 41.3 Å². The summed E-state index contributed by atoms with van der Waals surface area (Å²) in [4.78, 5) is 25.6. The van der Waals surface area contributed by atoms with E-state index in [1.54, 1.807) is 0 Å². The number of ether oxygens (including phenoxy) is 1. The van der Waals surface area contributed by atoms with Crippen molar-refractivity contribution in [1.82, 2.24) is 4.90 Å². The minimum Gasteiger partial charge on any atom is -0.378 e. The molecule has 8 nitrogen and oxygen atoms in total. The maximum atomic E-state index is 13.1. The maximum Gasteiger partial charge on any atom is 0.282 e. The lowest BCUT2D eigenvalue weighted by Crippen LogP contribution is -2.41. The van der Waals surface area contributed by atoms with E-state index >= 15 is 0 Å². The number of hydrogen-bond acceptors (Lipinski definition) is 6. The van der Waals surface area contributed by atoms with Crippen molar-refractivity contribution in [2.24, 2.45) is 5.10 Å². The van der Waals surface area contributed by atoms with Gasteiger partial charge in [-0.3, -0.25) is 14.9 Å². The Bertz CT molecular complexity index is 948. The third kappa shape index (κ3) is 3.49. The van der Waals surface area contributed by atoms with Crippen LogP contribution in [0.5, 0.6) is 0 Å². The van der Waals surface area contributed by atoms with Gasteiger partial charge in [-0.05, 0) is 23.8 Å². The molecule has 4 rings (SSSR count). The lowest BCUT2D eigenvalue weighted by atomic mass is 10.1. The molecule has 0 aliphatic carbocycles. The summed E-state index contributed by atoms with van der Waals surface area (Å²) in [5, 5.41) is 16.7. The lowest BCUT2D eigenvalue weighted by Gasteiger charge is -2.28. The Morgan fingerprint density at radius 3 is 2.36 bits per heavy atom. The van der Waals surface area contributed by atoms with Crippen LogP contribution in [0.2, 0.25) is 0 Å². The number of hydrogen-bond donors (Lipinski definition) is 0. The van der Waals surface area contributed by atoms with Crippen molar-refractivity contribution in [2.75, 3.05) is 31.3 Å². The van der Waals surface area contributed by atoms with Crippen LogP contribution >= 0.6 is 0 Å². The van der Waals surface area contributed by atoms with Gasteiger partial charge in [0.15, 0.2) is 5.84 Å². The van der Waals surface area contributed by atoms with Gasteiger partial charge in [0.05, 0.1) is 29.4 Å². The highest BCUT2D eigenvalue weighted by Crippen LogP contribution is 2.28. The first kappa shape index (κ1) is 17.9. The second-order valence-electron chi connectivity index (χ2n) is 6.38. The first-order valence-corrected chi connectivity index (χ1v) is 8.91. The average Bonchev–Trinajstić information content (AvgIpc) is 3.06. The van der Waals surface area contributed by atoms with Gasteiger partial charge in [-0.15, -0.1) is 5.10 Å². The molecule has 8 heteroatoms. The molecule has 0 atom stereocenters. The molecule has 0 saturated carbocycles. The van der Waals surface area contributed by atoms with Crippen molar-refractivity contribution >= 4 is 29.2 Å². The fraction of sp³-hybridized carbons (Fsp3) is 0.200. The number of non-ortho nitro benzene ring substituents is 1. The van der Waals surface area contributed by atoms with E-state index in [4.69, 9.17) is 4.74 Å². The molecule has 0 N–H and O–H groups in total. The van der Waals surface area contributed by atoms with Gasteiger partial charge in [-0.1, -0.05) is 30.3 Å². The van der Waals surface area contributed by atoms with Crippen LogP contribution in [0.25, 0.3) is 6.08 Å². The van der Waals surface area contributed by atoms with E-state index in [-0.39, 0.29) is 11.6 Å². The predicted molar refractivity (Wildman–Crippen MR) is 105 cm³/mol. The third-order valence-corrected chi connectivity index (χ3v) is 4.58. The zero-order valence-corrected chi connectivity index (χ0v) is 15.0. The van der Waals surface area contributed by atoms with Crippen LogP contribution in [0, 0.1) is 10.1 Å². The molecule has 0 unspecified atom stereocenters. The van der Waals surface area contributed by atoms with Crippen molar-refractivity contribution in [3.8, 4) is 0 Å². The number of morpholine rings is 1. The Hall–Kier alpha value is -3.52. The number of amides is 1. The van der Waals surface area contributed by atoms with Gasteiger partial charge in [0.2, 0.25) is 0 Å². The Morgan fingerprint density at radius 1 is 1.04 bits per heavy atom. The summed E-state index contributed by atoms with van der Waals surface area (Å²) in [6, 6.07) is 15.4. The Morgan fingerprint density at radius 2 is 1.71 bits per heavy atom. The summed E-state index contributed by atoms with van der Waals surface area (Å²) in [6.07, 6.45) is 1.82. The summed E-state index contributed by atoms with van der Waals surface area (Å²) in [5.41, 5.74) is 1.84. The minimum atomic E-state index is -0.473. The quantitative estimate of drug-likeness (QED) is 0.465. The molecule has 2 aliphatic heterocycles. The number of rotatable bonds is 3. The number of nitro groups is 1. The summed E-state index contributed by atoms with van der Waals surface area (Å²) in [6.45, 7) is 2.44. The van der Waals surface area contributed by atoms with Crippen LogP contribution in [0.4, 0.5) is 11.4 Å². The number of carbonyl (C=O) groups excluding carboxylic acids is 1. The fourth-order valence-corrected chi connectivity index (χ4v) is 3.15. The van der Waals surface area contributed by atoms with Gasteiger partial charge in [-0.25, -0.2) is 0 Å². The molecule has 2 aliphatic rings. The molecule has 2 aromatic carbocycles. The Kier molecular flexibility index (Phi) is 4.86. The van der Waals surface area contributed by atoms with E-state index < -0.39 is 4.92 Å². The van der Waals surface area contributed by atoms with Crippen LogP contribution in [0.15, 0.2) is 65.3 Å². The number of carbonyl (C=O) groups is 1. The third-order valence-electron chi connectivity index (χ3n) is 4.58.